The summed E-state index contributed by atoms with van der Waals surface area (Å²) in [4.78, 5) is 6.53. The van der Waals surface area contributed by atoms with Gasteiger partial charge < -0.3 is 14.1 Å². The van der Waals surface area contributed by atoms with E-state index in [0.29, 0.717) is 53.8 Å². The van der Waals surface area contributed by atoms with E-state index in [2.05, 4.69) is 29.1 Å². The van der Waals surface area contributed by atoms with Gasteiger partial charge in [0.1, 0.15) is 5.82 Å². The van der Waals surface area contributed by atoms with Crippen LogP contribution in [0.4, 0.5) is 10.4 Å². The quantitative estimate of drug-likeness (QED) is 0.379. The summed E-state index contributed by atoms with van der Waals surface area (Å²) in [5.74, 6) is 0.638. The van der Waals surface area contributed by atoms with Crippen LogP contribution in [0.5, 0.6) is 5.88 Å². The van der Waals surface area contributed by atoms with Gasteiger partial charge >= 0.3 is 6.01 Å². The van der Waals surface area contributed by atoms with Crippen LogP contribution < -0.4 is 9.64 Å². The number of fused-ring (bicyclic) bond motifs is 1. The first-order valence-electron chi connectivity index (χ1n) is 11.1. The second kappa shape index (κ2) is 8.80. The van der Waals surface area contributed by atoms with Crippen LogP contribution in [0.15, 0.2) is 34.9 Å². The molecule has 4 aromatic rings. The molecule has 0 N–H and O–H groups in total. The highest BCUT2D eigenvalue weighted by Gasteiger charge is 2.40. The lowest BCUT2D eigenvalue weighted by Crippen LogP contribution is -2.27. The van der Waals surface area contributed by atoms with E-state index >= 15 is 0 Å². The van der Waals surface area contributed by atoms with Crippen molar-refractivity contribution >= 4 is 16.9 Å². The maximum Gasteiger partial charge on any atom is 0.317 e. The molecule has 0 bridgehead atoms. The second-order valence-corrected chi connectivity index (χ2v) is 8.18. The molecule has 0 unspecified atom stereocenters. The molecule has 0 atom stereocenters. The number of halogens is 1. The van der Waals surface area contributed by atoms with Gasteiger partial charge in [-0.05, 0) is 38.0 Å². The summed E-state index contributed by atoms with van der Waals surface area (Å²) < 4.78 is 28.3. The number of rotatable bonds is 8. The molecule has 4 rings (SSSR count). The van der Waals surface area contributed by atoms with Gasteiger partial charge in [-0.3, -0.25) is 4.68 Å². The zero-order chi connectivity index (χ0) is 23.8. The third kappa shape index (κ3) is 3.71. The molecular weight excluding hydrogens is 423 g/mol. The maximum atomic E-state index is 14.8. The van der Waals surface area contributed by atoms with Gasteiger partial charge in [-0.15, -0.1) is 5.10 Å². The van der Waals surface area contributed by atoms with Gasteiger partial charge in [0.2, 0.25) is 11.8 Å². The standard InChI is InChI=1S/C24H29FN6O2/c1-7-24(8-2,22-28-29-23(33-22)30(4)5)17-10-11-19(27-21(17)32-6)15-12-18(25)16-14-26-31(9-3)20(16)13-15/h10-14H,7-9H2,1-6H3. The van der Waals surface area contributed by atoms with E-state index in [4.69, 9.17) is 14.1 Å². The van der Waals surface area contributed by atoms with E-state index in [0.717, 1.165) is 11.1 Å². The molecule has 0 spiro atoms. The Kier molecular flexibility index (Phi) is 6.05. The van der Waals surface area contributed by atoms with Crippen molar-refractivity contribution in [2.45, 2.75) is 45.6 Å². The summed E-state index contributed by atoms with van der Waals surface area (Å²) in [5, 5.41) is 13.3. The fraction of sp³-hybridized carbons (Fsp3) is 0.417. The minimum Gasteiger partial charge on any atom is -0.481 e. The fourth-order valence-corrected chi connectivity index (χ4v) is 4.29. The smallest absolute Gasteiger partial charge is 0.317 e. The van der Waals surface area contributed by atoms with Gasteiger partial charge in [0.15, 0.2) is 0 Å². The van der Waals surface area contributed by atoms with E-state index in [-0.39, 0.29) is 5.82 Å². The van der Waals surface area contributed by atoms with Gasteiger partial charge in [-0.2, -0.15) is 5.10 Å². The number of methoxy groups -OCH3 is 1. The van der Waals surface area contributed by atoms with E-state index < -0.39 is 5.41 Å². The Bertz CT molecular complexity index is 1280. The lowest BCUT2D eigenvalue weighted by Gasteiger charge is -2.29. The highest BCUT2D eigenvalue weighted by Crippen LogP contribution is 2.43. The van der Waals surface area contributed by atoms with E-state index in [1.165, 1.54) is 6.07 Å². The Hall–Kier alpha value is -3.49. The highest BCUT2D eigenvalue weighted by atomic mass is 19.1. The van der Waals surface area contributed by atoms with E-state index in [1.807, 2.05) is 39.2 Å². The Balaban J connectivity index is 1.84. The monoisotopic (exact) mass is 452 g/mol. The first-order chi connectivity index (χ1) is 15.9. The van der Waals surface area contributed by atoms with Crippen LogP contribution in [0.1, 0.15) is 45.1 Å². The van der Waals surface area contributed by atoms with Crippen molar-refractivity contribution < 1.29 is 13.5 Å². The van der Waals surface area contributed by atoms with Crippen molar-refractivity contribution in [3.8, 4) is 17.1 Å². The number of pyridine rings is 1. The minimum atomic E-state index is -0.561. The molecule has 0 aliphatic rings. The number of nitrogens with zero attached hydrogens (tertiary/aromatic N) is 6. The molecule has 3 aromatic heterocycles. The number of anilines is 1. The Labute approximate surface area is 192 Å². The van der Waals surface area contributed by atoms with Gasteiger partial charge in [0.05, 0.1) is 35.3 Å². The maximum absolute atomic E-state index is 14.8. The average molecular weight is 453 g/mol. The minimum absolute atomic E-state index is 0.328. The molecule has 0 saturated carbocycles. The van der Waals surface area contributed by atoms with Crippen molar-refractivity contribution in [2.24, 2.45) is 0 Å². The van der Waals surface area contributed by atoms with Crippen LogP contribution in [-0.2, 0) is 12.0 Å². The molecule has 0 radical (unpaired) electrons. The topological polar surface area (TPSA) is 82.1 Å². The predicted molar refractivity (Wildman–Crippen MR) is 125 cm³/mol. The van der Waals surface area contributed by atoms with Crippen LogP contribution in [0, 0.1) is 5.82 Å². The van der Waals surface area contributed by atoms with Crippen molar-refractivity contribution in [3.63, 3.8) is 0 Å². The summed E-state index contributed by atoms with van der Waals surface area (Å²) in [6.07, 6.45) is 2.98. The van der Waals surface area contributed by atoms with Crippen LogP contribution in [0.25, 0.3) is 22.2 Å². The Morgan fingerprint density at radius 3 is 2.48 bits per heavy atom. The number of hydrogen-bond donors (Lipinski definition) is 0. The van der Waals surface area contributed by atoms with E-state index in [9.17, 15) is 4.39 Å². The predicted octanol–water partition coefficient (Wildman–Crippen LogP) is 4.82. The van der Waals surface area contributed by atoms with Gasteiger partial charge in [0.25, 0.3) is 0 Å². The molecule has 174 valence electrons. The summed E-state index contributed by atoms with van der Waals surface area (Å²) >= 11 is 0. The third-order valence-electron chi connectivity index (χ3n) is 6.29. The van der Waals surface area contributed by atoms with E-state index in [1.54, 1.807) is 22.9 Å². The van der Waals surface area contributed by atoms with Gasteiger partial charge in [0, 0.05) is 31.8 Å². The molecule has 8 nitrogen and oxygen atoms in total. The van der Waals surface area contributed by atoms with Crippen LogP contribution >= 0.6 is 0 Å². The summed E-state index contributed by atoms with van der Waals surface area (Å²) in [6, 6.07) is 7.68. The molecule has 0 aliphatic heterocycles. The van der Waals surface area contributed by atoms with Crippen molar-refractivity contribution in [3.05, 3.63) is 47.7 Å². The second-order valence-electron chi connectivity index (χ2n) is 8.18. The van der Waals surface area contributed by atoms with Crippen LogP contribution in [-0.4, -0.2) is 46.2 Å². The van der Waals surface area contributed by atoms with Gasteiger partial charge in [-0.1, -0.05) is 25.0 Å². The molecule has 3 heterocycles. The number of aromatic nitrogens is 5. The molecule has 9 heteroatoms. The summed E-state index contributed by atoms with van der Waals surface area (Å²) in [5.41, 5.74) is 2.30. The molecule has 0 fully saturated rings. The van der Waals surface area contributed by atoms with Crippen molar-refractivity contribution in [1.29, 1.82) is 0 Å². The summed E-state index contributed by atoms with van der Waals surface area (Å²) in [6.45, 7) is 6.77. The zero-order valence-corrected chi connectivity index (χ0v) is 19.9. The molecule has 0 aliphatic carbocycles. The molecule has 1 aromatic carbocycles. The number of benzene rings is 1. The van der Waals surface area contributed by atoms with Crippen LogP contribution in [0.2, 0.25) is 0 Å². The first kappa shape index (κ1) is 22.7. The molecule has 0 amide bonds. The Morgan fingerprint density at radius 1 is 1.12 bits per heavy atom. The molecule has 33 heavy (non-hydrogen) atoms. The van der Waals surface area contributed by atoms with Crippen molar-refractivity contribution in [1.82, 2.24) is 25.0 Å². The number of hydrogen-bond acceptors (Lipinski definition) is 7. The number of aryl methyl sites for hydroxylation is 1. The first-order valence-corrected chi connectivity index (χ1v) is 11.1. The SMILES string of the molecule is CCn1ncc2c(F)cc(-c3ccc(C(CC)(CC)c4nnc(N(C)C)o4)c(OC)n3)cc21. The van der Waals surface area contributed by atoms with Crippen molar-refractivity contribution in [2.75, 3.05) is 26.1 Å². The third-order valence-corrected chi connectivity index (χ3v) is 6.29. The average Bonchev–Trinajstić information content (AvgIpc) is 3.48. The summed E-state index contributed by atoms with van der Waals surface area (Å²) in [7, 11) is 5.29. The Morgan fingerprint density at radius 2 is 1.88 bits per heavy atom. The normalized spacial score (nSPS) is 11.8. The number of ether oxygens (including phenoxy) is 1. The molecule has 0 saturated heterocycles. The largest absolute Gasteiger partial charge is 0.481 e. The van der Waals surface area contributed by atoms with Gasteiger partial charge in [-0.25, -0.2) is 9.37 Å². The highest BCUT2D eigenvalue weighted by molar-refractivity contribution is 5.84. The lowest BCUT2D eigenvalue weighted by molar-refractivity contribution is 0.326. The zero-order valence-electron chi connectivity index (χ0n) is 19.9. The fourth-order valence-electron chi connectivity index (χ4n) is 4.29. The van der Waals surface area contributed by atoms with Crippen LogP contribution in [0.3, 0.4) is 0 Å². The molecular formula is C24H29FN6O2. The lowest BCUT2D eigenvalue weighted by atomic mass is 9.76.